The number of hydrogen-bond donors (Lipinski definition) is 1. The maximum Gasteiger partial charge on any atom is 0.306 e. The highest BCUT2D eigenvalue weighted by molar-refractivity contribution is 7.99. The Balaban J connectivity index is 1.77. The Kier molecular flexibility index (Phi) is 12.5. The van der Waals surface area contributed by atoms with E-state index in [0.29, 0.717) is 18.6 Å². The van der Waals surface area contributed by atoms with Gasteiger partial charge in [0.1, 0.15) is 5.76 Å². The van der Waals surface area contributed by atoms with Crippen molar-refractivity contribution in [1.29, 1.82) is 0 Å². The molecule has 0 saturated carbocycles. The molecular formula is C26H38O4S. The van der Waals surface area contributed by atoms with Crippen molar-refractivity contribution in [3.63, 3.8) is 0 Å². The van der Waals surface area contributed by atoms with E-state index in [2.05, 4.69) is 18.2 Å². The molecule has 172 valence electrons. The predicted molar refractivity (Wildman–Crippen MR) is 128 cm³/mol. The number of ether oxygens (including phenoxy) is 1. The van der Waals surface area contributed by atoms with E-state index in [1.165, 1.54) is 50.3 Å². The summed E-state index contributed by atoms with van der Waals surface area (Å²) in [5, 5.41) is 10.6. The molecule has 0 spiro atoms. The Morgan fingerprint density at radius 1 is 1.03 bits per heavy atom. The second-order valence-electron chi connectivity index (χ2n) is 7.99. The zero-order valence-corrected chi connectivity index (χ0v) is 19.9. The number of thioether (sulfide) groups is 1. The molecule has 0 amide bonds. The second kappa shape index (κ2) is 15.1. The predicted octanol–water partition coefficient (Wildman–Crippen LogP) is 6.51. The van der Waals surface area contributed by atoms with Crippen LogP contribution in [0.1, 0.15) is 80.4 Å². The number of rotatable bonds is 16. The molecule has 0 aliphatic heterocycles. The van der Waals surface area contributed by atoms with Gasteiger partial charge < -0.3 is 14.3 Å². The van der Waals surface area contributed by atoms with Gasteiger partial charge in [0, 0.05) is 12.2 Å². The molecule has 0 saturated heterocycles. The number of hydrogen-bond acceptors (Lipinski definition) is 5. The maximum atomic E-state index is 11.5. The summed E-state index contributed by atoms with van der Waals surface area (Å²) in [5.41, 5.74) is 2.54. The number of aliphatic hydroxyl groups is 1. The summed E-state index contributed by atoms with van der Waals surface area (Å²) < 4.78 is 10.1. The van der Waals surface area contributed by atoms with Crippen LogP contribution in [0, 0.1) is 0 Å². The van der Waals surface area contributed by atoms with Crippen LogP contribution >= 0.6 is 11.8 Å². The average molecular weight is 447 g/mol. The SMILES string of the molecule is CCC(O)C(SCCC(=O)OC)c1ccccc1CCCCCCCCc1ccco1. The van der Waals surface area contributed by atoms with Crippen molar-refractivity contribution in [1.82, 2.24) is 0 Å². The molecule has 2 atom stereocenters. The van der Waals surface area contributed by atoms with Crippen molar-refractivity contribution in [3.8, 4) is 0 Å². The highest BCUT2D eigenvalue weighted by Crippen LogP contribution is 2.36. The summed E-state index contributed by atoms with van der Waals surface area (Å²) in [6.45, 7) is 2.01. The number of aliphatic hydroxyl groups excluding tert-OH is 1. The van der Waals surface area contributed by atoms with E-state index in [4.69, 9.17) is 9.15 Å². The molecule has 5 heteroatoms. The van der Waals surface area contributed by atoms with Crippen LogP contribution in [0.4, 0.5) is 0 Å². The smallest absolute Gasteiger partial charge is 0.306 e. The monoisotopic (exact) mass is 446 g/mol. The molecule has 0 aliphatic carbocycles. The minimum Gasteiger partial charge on any atom is -0.469 e. The van der Waals surface area contributed by atoms with E-state index in [0.717, 1.165) is 25.0 Å². The minimum absolute atomic E-state index is 0.00698. The fourth-order valence-corrected chi connectivity index (χ4v) is 5.17. The van der Waals surface area contributed by atoms with Gasteiger partial charge in [-0.1, -0.05) is 56.9 Å². The van der Waals surface area contributed by atoms with Crippen LogP contribution in [0.3, 0.4) is 0 Å². The number of furan rings is 1. The van der Waals surface area contributed by atoms with Crippen LogP contribution in [0.15, 0.2) is 47.1 Å². The quantitative estimate of drug-likeness (QED) is 0.235. The van der Waals surface area contributed by atoms with Gasteiger partial charge >= 0.3 is 5.97 Å². The highest BCUT2D eigenvalue weighted by atomic mass is 32.2. The summed E-state index contributed by atoms with van der Waals surface area (Å²) in [6.07, 6.45) is 11.8. The summed E-state index contributed by atoms with van der Waals surface area (Å²) >= 11 is 1.66. The first kappa shape index (κ1) is 25.5. The molecule has 2 aromatic rings. The van der Waals surface area contributed by atoms with Gasteiger partial charge in [-0.3, -0.25) is 4.79 Å². The van der Waals surface area contributed by atoms with Crippen molar-refractivity contribution in [2.24, 2.45) is 0 Å². The lowest BCUT2D eigenvalue weighted by atomic mass is 9.95. The van der Waals surface area contributed by atoms with Crippen LogP contribution in [-0.4, -0.2) is 30.0 Å². The van der Waals surface area contributed by atoms with E-state index in [1.807, 2.05) is 25.1 Å². The summed E-state index contributed by atoms with van der Waals surface area (Å²) in [5.74, 6) is 1.54. The molecule has 0 aliphatic rings. The standard InChI is InChI=1S/C26H38O4S/c1-3-24(27)26(31-20-18-25(28)29-2)23-17-11-10-14-21(23)13-8-6-4-5-7-9-15-22-16-12-19-30-22/h10-12,14,16-17,19,24,26-27H,3-9,13,15,18,20H2,1-2H3. The molecular weight excluding hydrogens is 408 g/mol. The Bertz CT molecular complexity index is 729. The normalized spacial score (nSPS) is 13.1. The molecule has 1 heterocycles. The highest BCUT2D eigenvalue weighted by Gasteiger charge is 2.23. The largest absolute Gasteiger partial charge is 0.469 e. The van der Waals surface area contributed by atoms with Gasteiger partial charge in [0.25, 0.3) is 0 Å². The van der Waals surface area contributed by atoms with E-state index in [9.17, 15) is 9.90 Å². The zero-order valence-electron chi connectivity index (χ0n) is 19.1. The van der Waals surface area contributed by atoms with Crippen LogP contribution in [-0.2, 0) is 22.4 Å². The van der Waals surface area contributed by atoms with Crippen LogP contribution < -0.4 is 0 Å². The third-order valence-corrected chi connectivity index (χ3v) is 7.03. The second-order valence-corrected chi connectivity index (χ2v) is 9.24. The lowest BCUT2D eigenvalue weighted by Crippen LogP contribution is -2.17. The Morgan fingerprint density at radius 3 is 2.42 bits per heavy atom. The van der Waals surface area contributed by atoms with Crippen LogP contribution in [0.2, 0.25) is 0 Å². The lowest BCUT2D eigenvalue weighted by Gasteiger charge is -2.24. The zero-order chi connectivity index (χ0) is 22.3. The minimum atomic E-state index is -0.419. The fourth-order valence-electron chi connectivity index (χ4n) is 3.81. The molecule has 4 nitrogen and oxygen atoms in total. The molecule has 1 aromatic carbocycles. The van der Waals surface area contributed by atoms with Crippen LogP contribution in [0.5, 0.6) is 0 Å². The molecule has 0 radical (unpaired) electrons. The topological polar surface area (TPSA) is 59.7 Å². The third kappa shape index (κ3) is 9.53. The number of carbonyl (C=O) groups excluding carboxylic acids is 1. The van der Waals surface area contributed by atoms with Gasteiger partial charge in [0.05, 0.1) is 31.1 Å². The van der Waals surface area contributed by atoms with Gasteiger partial charge in [0.2, 0.25) is 0 Å². The first-order valence-electron chi connectivity index (χ1n) is 11.6. The molecule has 2 unspecified atom stereocenters. The Labute approximate surface area is 191 Å². The van der Waals surface area contributed by atoms with Gasteiger partial charge in [-0.2, -0.15) is 11.8 Å². The fraction of sp³-hybridized carbons (Fsp3) is 0.577. The first-order chi connectivity index (χ1) is 15.2. The lowest BCUT2D eigenvalue weighted by molar-refractivity contribution is -0.140. The van der Waals surface area contributed by atoms with Crippen molar-refractivity contribution in [2.75, 3.05) is 12.9 Å². The van der Waals surface area contributed by atoms with E-state index in [1.54, 1.807) is 18.0 Å². The van der Waals surface area contributed by atoms with E-state index >= 15 is 0 Å². The van der Waals surface area contributed by atoms with E-state index in [-0.39, 0.29) is 11.2 Å². The summed E-state index contributed by atoms with van der Waals surface area (Å²) in [4.78, 5) is 11.5. The molecule has 2 rings (SSSR count). The number of unbranched alkanes of at least 4 members (excludes halogenated alkanes) is 5. The molecule has 1 N–H and O–H groups in total. The van der Waals surface area contributed by atoms with Crippen molar-refractivity contribution in [3.05, 3.63) is 59.5 Å². The molecule has 31 heavy (non-hydrogen) atoms. The van der Waals surface area contributed by atoms with Crippen LogP contribution in [0.25, 0.3) is 0 Å². The number of aryl methyl sites for hydroxylation is 2. The number of benzene rings is 1. The number of carbonyl (C=O) groups is 1. The van der Waals surface area contributed by atoms with Gasteiger partial charge in [-0.25, -0.2) is 0 Å². The Hall–Kier alpha value is -1.72. The third-order valence-electron chi connectivity index (χ3n) is 5.66. The Morgan fingerprint density at radius 2 is 1.74 bits per heavy atom. The average Bonchev–Trinajstić information content (AvgIpc) is 3.32. The van der Waals surface area contributed by atoms with Gasteiger partial charge in [-0.05, 0) is 48.9 Å². The molecule has 1 aromatic heterocycles. The van der Waals surface area contributed by atoms with Crippen molar-refractivity contribution >= 4 is 17.7 Å². The van der Waals surface area contributed by atoms with Crippen molar-refractivity contribution < 1.29 is 19.1 Å². The molecule has 0 bridgehead atoms. The number of methoxy groups -OCH3 is 1. The van der Waals surface area contributed by atoms with Gasteiger partial charge in [-0.15, -0.1) is 0 Å². The van der Waals surface area contributed by atoms with E-state index < -0.39 is 6.10 Å². The summed E-state index contributed by atoms with van der Waals surface area (Å²) in [7, 11) is 1.42. The summed E-state index contributed by atoms with van der Waals surface area (Å²) in [6, 6.07) is 12.5. The maximum absolute atomic E-state index is 11.5. The first-order valence-corrected chi connectivity index (χ1v) is 12.7. The van der Waals surface area contributed by atoms with Gasteiger partial charge in [0.15, 0.2) is 0 Å². The molecule has 0 fully saturated rings. The van der Waals surface area contributed by atoms with Crippen molar-refractivity contribution in [2.45, 2.75) is 82.5 Å². The number of esters is 1.